The summed E-state index contributed by atoms with van der Waals surface area (Å²) in [5.41, 5.74) is 0. The van der Waals surface area contributed by atoms with E-state index in [2.05, 4.69) is 4.72 Å². The summed E-state index contributed by atoms with van der Waals surface area (Å²) in [6, 6.07) is 0. The average molecular weight is 179 g/mol. The van der Waals surface area contributed by atoms with Crippen LogP contribution in [0.25, 0.3) is 0 Å². The molecule has 0 spiro atoms. The first-order valence-corrected chi connectivity index (χ1v) is 4.63. The molecule has 0 saturated carbocycles. The Hall–Kier alpha value is -0.460. The lowest BCUT2D eigenvalue weighted by Crippen LogP contribution is -2.05. The van der Waals surface area contributed by atoms with Crippen molar-refractivity contribution in [1.29, 1.82) is 0 Å². The second kappa shape index (κ2) is 2.65. The van der Waals surface area contributed by atoms with E-state index < -0.39 is 10.1 Å². The molecular formula is C4H5NO3S2. The highest BCUT2D eigenvalue weighted by Crippen LogP contribution is 2.19. The van der Waals surface area contributed by atoms with Crippen LogP contribution >= 0.6 is 11.9 Å². The third-order valence-electron chi connectivity index (χ3n) is 0.810. The van der Waals surface area contributed by atoms with Gasteiger partial charge in [0.05, 0.1) is 0 Å². The number of allylic oxidation sites excluding steroid dienone is 2. The van der Waals surface area contributed by atoms with Crippen LogP contribution in [0.1, 0.15) is 0 Å². The molecule has 0 aromatic carbocycles. The first-order chi connectivity index (χ1) is 4.61. The van der Waals surface area contributed by atoms with Crippen molar-refractivity contribution in [1.82, 2.24) is 4.72 Å². The minimum Gasteiger partial charge on any atom is -0.332 e. The van der Waals surface area contributed by atoms with Crippen molar-refractivity contribution in [2.24, 2.45) is 0 Å². The van der Waals surface area contributed by atoms with Crippen LogP contribution in [0, 0.1) is 0 Å². The van der Waals surface area contributed by atoms with Crippen LogP contribution in [0.4, 0.5) is 0 Å². The average Bonchev–Trinajstić information content (AvgIpc) is 1.88. The van der Waals surface area contributed by atoms with Crippen molar-refractivity contribution < 1.29 is 13.0 Å². The fourth-order valence-electron chi connectivity index (χ4n) is 0.431. The third kappa shape index (κ3) is 1.76. The maximum absolute atomic E-state index is 10.4. The highest BCUT2D eigenvalue weighted by Gasteiger charge is 2.14. The van der Waals surface area contributed by atoms with Crippen LogP contribution in [-0.2, 0) is 10.1 Å². The van der Waals surface area contributed by atoms with Gasteiger partial charge in [-0.15, -0.1) is 0 Å². The van der Waals surface area contributed by atoms with E-state index >= 15 is 0 Å². The van der Waals surface area contributed by atoms with Gasteiger partial charge < -0.3 is 4.72 Å². The molecule has 0 aromatic rings. The minimum absolute atomic E-state index is 0.0880. The van der Waals surface area contributed by atoms with Crippen LogP contribution in [0.3, 0.4) is 0 Å². The van der Waals surface area contributed by atoms with E-state index in [-0.39, 0.29) is 4.24 Å². The van der Waals surface area contributed by atoms with Gasteiger partial charge in [-0.3, -0.25) is 4.55 Å². The van der Waals surface area contributed by atoms with E-state index in [1.807, 2.05) is 0 Å². The first-order valence-electron chi connectivity index (χ1n) is 2.37. The standard InChI is InChI=1S/C4H5NO3S2/c6-10(7,8)4-2-1-3-5-9-4/h1-3,5H,(H,6,7,8). The summed E-state index contributed by atoms with van der Waals surface area (Å²) in [6.07, 6.45) is 4.38. The van der Waals surface area contributed by atoms with Crippen molar-refractivity contribution in [2.75, 3.05) is 0 Å². The molecule has 0 radical (unpaired) electrons. The molecule has 0 aromatic heterocycles. The zero-order valence-corrected chi connectivity index (χ0v) is 6.45. The molecule has 4 nitrogen and oxygen atoms in total. The van der Waals surface area contributed by atoms with Gasteiger partial charge in [-0.25, -0.2) is 0 Å². The van der Waals surface area contributed by atoms with Crippen molar-refractivity contribution in [3.8, 4) is 0 Å². The van der Waals surface area contributed by atoms with Gasteiger partial charge in [-0.2, -0.15) is 8.42 Å². The van der Waals surface area contributed by atoms with E-state index in [9.17, 15) is 8.42 Å². The van der Waals surface area contributed by atoms with Gasteiger partial charge in [0.15, 0.2) is 0 Å². The lowest BCUT2D eigenvalue weighted by atomic mass is 10.6. The molecule has 6 heteroatoms. The Morgan fingerprint density at radius 3 is 2.60 bits per heavy atom. The van der Waals surface area contributed by atoms with Crippen molar-refractivity contribution in [2.45, 2.75) is 0 Å². The van der Waals surface area contributed by atoms with Gasteiger partial charge in [0, 0.05) is 6.20 Å². The predicted molar refractivity (Wildman–Crippen MR) is 39.5 cm³/mol. The Morgan fingerprint density at radius 2 is 2.30 bits per heavy atom. The Labute approximate surface area is 62.9 Å². The highest BCUT2D eigenvalue weighted by molar-refractivity contribution is 8.15. The number of hydrogen-bond acceptors (Lipinski definition) is 4. The number of nitrogens with one attached hydrogen (secondary N) is 1. The summed E-state index contributed by atoms with van der Waals surface area (Å²) in [6.45, 7) is 0. The topological polar surface area (TPSA) is 66.4 Å². The van der Waals surface area contributed by atoms with Crippen molar-refractivity contribution in [3.05, 3.63) is 22.6 Å². The minimum atomic E-state index is -4.02. The molecule has 0 amide bonds. The summed E-state index contributed by atoms with van der Waals surface area (Å²) in [5.74, 6) is 0. The Balaban J connectivity index is 2.93. The molecule has 1 aliphatic rings. The van der Waals surface area contributed by atoms with Gasteiger partial charge in [0.1, 0.15) is 4.24 Å². The molecule has 10 heavy (non-hydrogen) atoms. The van der Waals surface area contributed by atoms with Crippen LogP contribution in [-0.4, -0.2) is 13.0 Å². The summed E-state index contributed by atoms with van der Waals surface area (Å²) >= 11 is 0.856. The Bertz CT molecular complexity index is 277. The normalized spacial score (nSPS) is 17.9. The molecule has 1 aliphatic heterocycles. The van der Waals surface area contributed by atoms with E-state index in [1.54, 1.807) is 6.20 Å². The monoisotopic (exact) mass is 179 g/mol. The number of rotatable bonds is 1. The maximum atomic E-state index is 10.4. The van der Waals surface area contributed by atoms with Gasteiger partial charge in [0.2, 0.25) is 0 Å². The molecule has 0 unspecified atom stereocenters. The molecule has 0 atom stereocenters. The van der Waals surface area contributed by atoms with Crippen molar-refractivity contribution in [3.63, 3.8) is 0 Å². The molecular weight excluding hydrogens is 174 g/mol. The largest absolute Gasteiger partial charge is 0.332 e. The second-order valence-corrected chi connectivity index (χ2v) is 4.07. The molecule has 2 N–H and O–H groups in total. The summed E-state index contributed by atoms with van der Waals surface area (Å²) in [7, 11) is -4.02. The number of hydrogen-bond donors (Lipinski definition) is 2. The fourth-order valence-corrected chi connectivity index (χ4v) is 1.66. The van der Waals surface area contributed by atoms with Crippen LogP contribution in [0.2, 0.25) is 0 Å². The van der Waals surface area contributed by atoms with Crippen LogP contribution < -0.4 is 4.72 Å². The highest BCUT2D eigenvalue weighted by atomic mass is 32.3. The van der Waals surface area contributed by atoms with Gasteiger partial charge >= 0.3 is 10.1 Å². The molecule has 56 valence electrons. The molecule has 0 fully saturated rings. The molecule has 1 rings (SSSR count). The lowest BCUT2D eigenvalue weighted by Gasteiger charge is -2.04. The second-order valence-electron chi connectivity index (χ2n) is 1.54. The van der Waals surface area contributed by atoms with Gasteiger partial charge in [0.25, 0.3) is 0 Å². The Morgan fingerprint density at radius 1 is 1.60 bits per heavy atom. The zero-order valence-electron chi connectivity index (χ0n) is 4.81. The fraction of sp³-hybridized carbons (Fsp3) is 0. The summed E-state index contributed by atoms with van der Waals surface area (Å²) < 4.78 is 31.7. The summed E-state index contributed by atoms with van der Waals surface area (Å²) in [4.78, 5) is 0. The predicted octanol–water partition coefficient (Wildman–Crippen LogP) is 0.481. The maximum Gasteiger partial charge on any atom is 0.302 e. The van der Waals surface area contributed by atoms with Crippen LogP contribution in [0.5, 0.6) is 0 Å². The zero-order chi connectivity index (χ0) is 7.61. The lowest BCUT2D eigenvalue weighted by molar-refractivity contribution is 0.493. The molecule has 0 aliphatic carbocycles. The third-order valence-corrected chi connectivity index (χ3v) is 2.93. The van der Waals surface area contributed by atoms with E-state index in [1.165, 1.54) is 12.2 Å². The molecule has 0 saturated heterocycles. The van der Waals surface area contributed by atoms with E-state index in [0.717, 1.165) is 11.9 Å². The van der Waals surface area contributed by atoms with E-state index in [4.69, 9.17) is 4.55 Å². The van der Waals surface area contributed by atoms with Crippen LogP contribution in [0.15, 0.2) is 22.6 Å². The first kappa shape index (κ1) is 7.64. The van der Waals surface area contributed by atoms with Crippen molar-refractivity contribution >= 4 is 22.1 Å². The summed E-state index contributed by atoms with van der Waals surface area (Å²) in [5, 5.41) is 0. The Kier molecular flexibility index (Phi) is 2.02. The van der Waals surface area contributed by atoms with Gasteiger partial charge in [-0.1, -0.05) is 0 Å². The SMILES string of the molecule is O=S(=O)(O)C1=CC=CNS1. The quantitative estimate of drug-likeness (QED) is 0.452. The molecule has 1 heterocycles. The van der Waals surface area contributed by atoms with Gasteiger partial charge in [-0.05, 0) is 24.1 Å². The molecule has 0 bridgehead atoms. The van der Waals surface area contributed by atoms with E-state index in [0.29, 0.717) is 0 Å². The smallest absolute Gasteiger partial charge is 0.302 e.